The first kappa shape index (κ1) is 17.8. The molecule has 0 radical (unpaired) electrons. The molecule has 1 aliphatic heterocycles. The Hall–Kier alpha value is -1.55. The van der Waals surface area contributed by atoms with Crippen molar-refractivity contribution in [3.05, 3.63) is 29.8 Å². The number of piperidine rings is 1. The minimum atomic E-state index is 0.187. The lowest BCUT2D eigenvalue weighted by Crippen LogP contribution is -2.42. The summed E-state index contributed by atoms with van der Waals surface area (Å²) in [5.74, 6) is 2.09. The van der Waals surface area contributed by atoms with Gasteiger partial charge >= 0.3 is 0 Å². The zero-order valence-electron chi connectivity index (χ0n) is 14.6. The second-order valence-electron chi connectivity index (χ2n) is 6.90. The van der Waals surface area contributed by atoms with Crippen molar-refractivity contribution in [1.82, 2.24) is 4.90 Å². The van der Waals surface area contributed by atoms with Crippen molar-refractivity contribution in [3.8, 4) is 5.75 Å². The summed E-state index contributed by atoms with van der Waals surface area (Å²) in [6, 6.07) is 8.35. The number of carbonyl (C=O) groups excluding carboxylic acids is 1. The molecule has 1 aromatic carbocycles. The largest absolute Gasteiger partial charge is 0.493 e. The van der Waals surface area contributed by atoms with E-state index in [9.17, 15) is 4.79 Å². The lowest BCUT2D eigenvalue weighted by molar-refractivity contribution is -0.133. The van der Waals surface area contributed by atoms with Gasteiger partial charge in [-0.2, -0.15) is 0 Å². The number of likely N-dealkylation sites (tertiary alicyclic amines) is 1. The summed E-state index contributed by atoms with van der Waals surface area (Å²) >= 11 is 0. The van der Waals surface area contributed by atoms with Gasteiger partial charge in [-0.25, -0.2) is 0 Å². The molecule has 1 unspecified atom stereocenters. The number of rotatable bonds is 6. The molecule has 4 heteroatoms. The summed E-state index contributed by atoms with van der Waals surface area (Å²) in [6.45, 7) is 8.49. The van der Waals surface area contributed by atoms with Gasteiger partial charge in [0.25, 0.3) is 0 Å². The van der Waals surface area contributed by atoms with E-state index < -0.39 is 0 Å². The predicted octanol–water partition coefficient (Wildman–Crippen LogP) is 3.16. The molecule has 2 rings (SSSR count). The van der Waals surface area contributed by atoms with Crippen molar-refractivity contribution in [3.63, 3.8) is 0 Å². The maximum Gasteiger partial charge on any atom is 0.225 e. The number of amides is 1. The third-order valence-electron chi connectivity index (χ3n) is 4.77. The smallest absolute Gasteiger partial charge is 0.225 e. The number of hydrogen-bond acceptors (Lipinski definition) is 3. The molecular formula is C19H30N2O2. The van der Waals surface area contributed by atoms with Gasteiger partial charge in [-0.15, -0.1) is 0 Å². The van der Waals surface area contributed by atoms with Gasteiger partial charge in [0.05, 0.1) is 13.0 Å². The van der Waals surface area contributed by atoms with Crippen molar-refractivity contribution in [2.45, 2.75) is 52.0 Å². The van der Waals surface area contributed by atoms with Crippen molar-refractivity contribution in [2.24, 2.45) is 11.7 Å². The van der Waals surface area contributed by atoms with Crippen LogP contribution in [-0.2, 0) is 4.79 Å². The quantitative estimate of drug-likeness (QED) is 0.876. The third-order valence-corrected chi connectivity index (χ3v) is 4.77. The SMILES string of the molecule is CC(C)c1ccc(OCCC(=O)N2CCC(C(C)N)CC2)cc1. The highest BCUT2D eigenvalue weighted by Crippen LogP contribution is 2.21. The fraction of sp³-hybridized carbons (Fsp3) is 0.632. The number of nitrogens with two attached hydrogens (primary N) is 1. The summed E-state index contributed by atoms with van der Waals surface area (Å²) in [7, 11) is 0. The van der Waals surface area contributed by atoms with Crippen LogP contribution in [0.1, 0.15) is 51.5 Å². The molecule has 4 nitrogen and oxygen atoms in total. The number of hydrogen-bond donors (Lipinski definition) is 1. The molecule has 1 aromatic rings. The van der Waals surface area contributed by atoms with E-state index in [0.717, 1.165) is 31.7 Å². The molecule has 1 heterocycles. The third kappa shape index (κ3) is 5.24. The van der Waals surface area contributed by atoms with Crippen LogP contribution in [-0.4, -0.2) is 36.5 Å². The molecular weight excluding hydrogens is 288 g/mol. The average molecular weight is 318 g/mol. The Morgan fingerprint density at radius 1 is 1.22 bits per heavy atom. The highest BCUT2D eigenvalue weighted by atomic mass is 16.5. The van der Waals surface area contributed by atoms with Gasteiger partial charge in [-0.3, -0.25) is 4.79 Å². The fourth-order valence-corrected chi connectivity index (χ4v) is 3.04. The maximum atomic E-state index is 12.2. The number of nitrogens with zero attached hydrogens (tertiary/aromatic N) is 1. The Balaban J connectivity index is 1.71. The zero-order chi connectivity index (χ0) is 16.8. The molecule has 128 valence electrons. The molecule has 0 saturated carbocycles. The summed E-state index contributed by atoms with van der Waals surface area (Å²) < 4.78 is 5.69. The topological polar surface area (TPSA) is 55.6 Å². The van der Waals surface area contributed by atoms with Crippen LogP contribution in [0.5, 0.6) is 5.75 Å². The van der Waals surface area contributed by atoms with Gasteiger partial charge in [0.15, 0.2) is 0 Å². The standard InChI is InChI=1S/C19H30N2O2/c1-14(2)16-4-6-18(7-5-16)23-13-10-19(22)21-11-8-17(9-12-21)15(3)20/h4-7,14-15,17H,8-13,20H2,1-3H3. The van der Waals surface area contributed by atoms with Crippen LogP contribution in [0.4, 0.5) is 0 Å². The van der Waals surface area contributed by atoms with E-state index in [1.807, 2.05) is 17.0 Å². The molecule has 1 aliphatic rings. The monoisotopic (exact) mass is 318 g/mol. The Kier molecular flexibility index (Phi) is 6.46. The zero-order valence-corrected chi connectivity index (χ0v) is 14.6. The first-order chi connectivity index (χ1) is 11.0. The van der Waals surface area contributed by atoms with Crippen LogP contribution in [0.15, 0.2) is 24.3 Å². The number of carbonyl (C=O) groups is 1. The minimum absolute atomic E-state index is 0.187. The van der Waals surface area contributed by atoms with Gasteiger partial charge < -0.3 is 15.4 Å². The fourth-order valence-electron chi connectivity index (χ4n) is 3.04. The average Bonchev–Trinajstić information content (AvgIpc) is 2.55. The van der Waals surface area contributed by atoms with Gasteiger partial charge in [0.1, 0.15) is 5.75 Å². The molecule has 23 heavy (non-hydrogen) atoms. The molecule has 0 bridgehead atoms. The number of ether oxygens (including phenoxy) is 1. The molecule has 2 N–H and O–H groups in total. The highest BCUT2D eigenvalue weighted by molar-refractivity contribution is 5.76. The Bertz CT molecular complexity index is 489. The van der Waals surface area contributed by atoms with Crippen LogP contribution < -0.4 is 10.5 Å². The maximum absolute atomic E-state index is 12.2. The van der Waals surface area contributed by atoms with Gasteiger partial charge in [0, 0.05) is 19.1 Å². The van der Waals surface area contributed by atoms with E-state index >= 15 is 0 Å². The van der Waals surface area contributed by atoms with Crippen molar-refractivity contribution in [1.29, 1.82) is 0 Å². The molecule has 1 amide bonds. The van der Waals surface area contributed by atoms with E-state index in [1.165, 1.54) is 5.56 Å². The summed E-state index contributed by atoms with van der Waals surface area (Å²) in [5, 5.41) is 0. The molecule has 0 aliphatic carbocycles. The second kappa shape index (κ2) is 8.34. The van der Waals surface area contributed by atoms with Gasteiger partial charge in [-0.05, 0) is 49.3 Å². The predicted molar refractivity (Wildman–Crippen MR) is 93.6 cm³/mol. The van der Waals surface area contributed by atoms with E-state index in [4.69, 9.17) is 10.5 Å². The molecule has 1 fully saturated rings. The van der Waals surface area contributed by atoms with Crippen LogP contribution in [0, 0.1) is 5.92 Å². The lowest BCUT2D eigenvalue weighted by Gasteiger charge is -2.33. The van der Waals surface area contributed by atoms with Crippen LogP contribution in [0.2, 0.25) is 0 Å². The summed E-state index contributed by atoms with van der Waals surface area (Å²) in [6.07, 6.45) is 2.47. The van der Waals surface area contributed by atoms with E-state index in [2.05, 4.69) is 32.9 Å². The highest BCUT2D eigenvalue weighted by Gasteiger charge is 2.24. The normalized spacial score (nSPS) is 17.3. The van der Waals surface area contributed by atoms with Crippen molar-refractivity contribution >= 4 is 5.91 Å². The molecule has 1 atom stereocenters. The molecule has 0 aromatic heterocycles. The molecule has 1 saturated heterocycles. The summed E-state index contributed by atoms with van der Waals surface area (Å²) in [4.78, 5) is 14.2. The number of benzene rings is 1. The second-order valence-corrected chi connectivity index (χ2v) is 6.90. The summed E-state index contributed by atoms with van der Waals surface area (Å²) in [5.41, 5.74) is 7.24. The Morgan fingerprint density at radius 3 is 2.35 bits per heavy atom. The van der Waals surface area contributed by atoms with Gasteiger partial charge in [-0.1, -0.05) is 26.0 Å². The van der Waals surface area contributed by atoms with E-state index in [0.29, 0.717) is 24.9 Å². The van der Waals surface area contributed by atoms with Crippen molar-refractivity contribution in [2.75, 3.05) is 19.7 Å². The van der Waals surface area contributed by atoms with Crippen LogP contribution in [0.25, 0.3) is 0 Å². The van der Waals surface area contributed by atoms with E-state index in [1.54, 1.807) is 0 Å². The van der Waals surface area contributed by atoms with E-state index in [-0.39, 0.29) is 11.9 Å². The molecule has 0 spiro atoms. The minimum Gasteiger partial charge on any atom is -0.493 e. The van der Waals surface area contributed by atoms with Crippen LogP contribution in [0.3, 0.4) is 0 Å². The Labute approximate surface area is 140 Å². The first-order valence-electron chi connectivity index (χ1n) is 8.73. The van der Waals surface area contributed by atoms with Crippen LogP contribution >= 0.6 is 0 Å². The Morgan fingerprint density at radius 2 is 1.83 bits per heavy atom. The first-order valence-corrected chi connectivity index (χ1v) is 8.73. The lowest BCUT2D eigenvalue weighted by atomic mass is 9.91. The van der Waals surface area contributed by atoms with Gasteiger partial charge in [0.2, 0.25) is 5.91 Å². The van der Waals surface area contributed by atoms with Crippen molar-refractivity contribution < 1.29 is 9.53 Å².